The summed E-state index contributed by atoms with van der Waals surface area (Å²) in [5, 5.41) is 0. The minimum atomic E-state index is 1.04. The van der Waals surface area contributed by atoms with Gasteiger partial charge in [-0.3, -0.25) is 0 Å². The summed E-state index contributed by atoms with van der Waals surface area (Å²) in [5.41, 5.74) is 0. The lowest BCUT2D eigenvalue weighted by Gasteiger charge is -2.17. The van der Waals surface area contributed by atoms with Crippen LogP contribution >= 0.6 is 0 Å². The highest BCUT2D eigenvalue weighted by molar-refractivity contribution is 4.80. The van der Waals surface area contributed by atoms with Crippen LogP contribution in [0.15, 0.2) is 0 Å². The Bertz CT molecular complexity index is 139. The lowest BCUT2D eigenvalue weighted by Crippen LogP contribution is -2.07. The van der Waals surface area contributed by atoms with Gasteiger partial charge >= 0.3 is 0 Å². The first-order valence-corrected chi connectivity index (χ1v) is 5.86. The van der Waals surface area contributed by atoms with E-state index in [9.17, 15) is 0 Å². The molecule has 0 radical (unpaired) electrons. The van der Waals surface area contributed by atoms with Crippen molar-refractivity contribution in [1.29, 1.82) is 0 Å². The van der Waals surface area contributed by atoms with E-state index in [1.165, 1.54) is 25.7 Å². The average molecular weight is 166 g/mol. The van der Waals surface area contributed by atoms with Crippen molar-refractivity contribution < 1.29 is 0 Å². The summed E-state index contributed by atoms with van der Waals surface area (Å²) in [5.74, 6) is 3.26. The fraction of sp³-hybridized carbons (Fsp3) is 1.00. The van der Waals surface area contributed by atoms with Crippen molar-refractivity contribution in [3.05, 3.63) is 0 Å². The average Bonchev–Trinajstić information content (AvgIpc) is 2.53. The van der Waals surface area contributed by atoms with E-state index in [1.54, 1.807) is 25.7 Å². The van der Waals surface area contributed by atoms with Crippen LogP contribution in [0, 0.1) is 17.8 Å². The highest BCUT2D eigenvalue weighted by Crippen LogP contribution is 2.41. The highest BCUT2D eigenvalue weighted by Gasteiger charge is 2.28. The van der Waals surface area contributed by atoms with Gasteiger partial charge in [-0.2, -0.15) is 0 Å². The smallest absolute Gasteiger partial charge is 0.0386 e. The predicted molar refractivity (Wildman–Crippen MR) is 53.1 cm³/mol. The third kappa shape index (κ3) is 1.84. The molecule has 0 aromatic carbocycles. The zero-order chi connectivity index (χ0) is 8.39. The van der Waals surface area contributed by atoms with Crippen molar-refractivity contribution >= 4 is 0 Å². The topological polar surface area (TPSA) is 0 Å². The zero-order valence-electron chi connectivity index (χ0n) is 8.39. The molecule has 70 valence electrons. The Morgan fingerprint density at radius 2 is 1.67 bits per heavy atom. The minimum Gasteiger partial charge on any atom is -0.0622 e. The molecule has 0 aromatic heterocycles. The quantitative estimate of drug-likeness (QED) is 0.510. The second kappa shape index (κ2) is 3.81. The Balaban J connectivity index is 1.95. The van der Waals surface area contributed by atoms with E-state index in [2.05, 4.69) is 6.92 Å². The SMILES string of the molecule is CC1CCCCCC2CCC1C2. The van der Waals surface area contributed by atoms with Gasteiger partial charge in [0.1, 0.15) is 0 Å². The van der Waals surface area contributed by atoms with E-state index in [0.717, 1.165) is 17.8 Å². The molecular formula is C12H22. The number of hydrogen-bond acceptors (Lipinski definition) is 0. The standard InChI is InChI=1S/C12H22/c1-10-5-3-2-4-6-11-7-8-12(10)9-11/h10-12H,2-9H2,1H3. The molecule has 2 aliphatic carbocycles. The third-order valence-electron chi connectivity index (χ3n) is 4.16. The zero-order valence-corrected chi connectivity index (χ0v) is 8.39. The fourth-order valence-electron chi connectivity index (χ4n) is 3.20. The summed E-state index contributed by atoms with van der Waals surface area (Å²) in [6.07, 6.45) is 12.3. The van der Waals surface area contributed by atoms with Crippen LogP contribution < -0.4 is 0 Å². The molecule has 0 spiro atoms. The normalized spacial score (nSPS) is 43.2. The van der Waals surface area contributed by atoms with E-state index < -0.39 is 0 Å². The van der Waals surface area contributed by atoms with E-state index in [1.807, 2.05) is 0 Å². The predicted octanol–water partition coefficient (Wildman–Crippen LogP) is 4.00. The summed E-state index contributed by atoms with van der Waals surface area (Å²) in [6, 6.07) is 0. The van der Waals surface area contributed by atoms with Gasteiger partial charge < -0.3 is 0 Å². The van der Waals surface area contributed by atoms with E-state index in [0.29, 0.717) is 0 Å². The van der Waals surface area contributed by atoms with Crippen LogP contribution in [0.25, 0.3) is 0 Å². The largest absolute Gasteiger partial charge is 0.0622 e. The van der Waals surface area contributed by atoms with E-state index >= 15 is 0 Å². The van der Waals surface area contributed by atoms with Crippen molar-refractivity contribution in [2.24, 2.45) is 17.8 Å². The molecular weight excluding hydrogens is 144 g/mol. The molecule has 3 unspecified atom stereocenters. The number of fused-ring (bicyclic) bond motifs is 2. The van der Waals surface area contributed by atoms with Crippen molar-refractivity contribution in [2.75, 3.05) is 0 Å². The maximum atomic E-state index is 2.48. The lowest BCUT2D eigenvalue weighted by atomic mass is 9.88. The highest BCUT2D eigenvalue weighted by atomic mass is 14.3. The van der Waals surface area contributed by atoms with Gasteiger partial charge in [0.05, 0.1) is 0 Å². The first kappa shape index (κ1) is 8.59. The van der Waals surface area contributed by atoms with Crippen LogP contribution in [-0.2, 0) is 0 Å². The van der Waals surface area contributed by atoms with Crippen LogP contribution in [0.2, 0.25) is 0 Å². The summed E-state index contributed by atoms with van der Waals surface area (Å²) < 4.78 is 0. The summed E-state index contributed by atoms with van der Waals surface area (Å²) >= 11 is 0. The fourth-order valence-corrected chi connectivity index (χ4v) is 3.20. The van der Waals surface area contributed by atoms with Crippen molar-refractivity contribution in [1.82, 2.24) is 0 Å². The molecule has 2 bridgehead atoms. The van der Waals surface area contributed by atoms with Gasteiger partial charge in [-0.05, 0) is 30.6 Å². The monoisotopic (exact) mass is 166 g/mol. The Kier molecular flexibility index (Phi) is 2.73. The summed E-state index contributed by atoms with van der Waals surface area (Å²) in [6.45, 7) is 2.48. The molecule has 2 fully saturated rings. The lowest BCUT2D eigenvalue weighted by molar-refractivity contribution is 0.334. The Morgan fingerprint density at radius 1 is 0.833 bits per heavy atom. The van der Waals surface area contributed by atoms with E-state index in [4.69, 9.17) is 0 Å². The van der Waals surface area contributed by atoms with Gasteiger partial charge in [0.2, 0.25) is 0 Å². The third-order valence-corrected chi connectivity index (χ3v) is 4.16. The summed E-state index contributed by atoms with van der Waals surface area (Å²) in [4.78, 5) is 0. The molecule has 0 nitrogen and oxygen atoms in total. The van der Waals surface area contributed by atoms with Gasteiger partial charge in [0.25, 0.3) is 0 Å². The Morgan fingerprint density at radius 3 is 2.58 bits per heavy atom. The van der Waals surface area contributed by atoms with Crippen LogP contribution in [-0.4, -0.2) is 0 Å². The van der Waals surface area contributed by atoms with Crippen LogP contribution in [0.4, 0.5) is 0 Å². The number of rotatable bonds is 0. The van der Waals surface area contributed by atoms with Crippen LogP contribution in [0.1, 0.15) is 58.3 Å². The van der Waals surface area contributed by atoms with Gasteiger partial charge in [-0.1, -0.05) is 45.4 Å². The van der Waals surface area contributed by atoms with Crippen molar-refractivity contribution in [2.45, 2.75) is 58.3 Å². The first-order valence-electron chi connectivity index (χ1n) is 5.86. The molecule has 2 saturated carbocycles. The first-order chi connectivity index (χ1) is 5.86. The maximum Gasteiger partial charge on any atom is -0.0386 e. The number of hydrogen-bond donors (Lipinski definition) is 0. The van der Waals surface area contributed by atoms with Gasteiger partial charge in [-0.15, -0.1) is 0 Å². The Labute approximate surface area is 76.7 Å². The van der Waals surface area contributed by atoms with Gasteiger partial charge in [0.15, 0.2) is 0 Å². The molecule has 3 atom stereocenters. The second-order valence-corrected chi connectivity index (χ2v) is 5.05. The van der Waals surface area contributed by atoms with Gasteiger partial charge in [0, 0.05) is 0 Å². The molecule has 0 heterocycles. The molecule has 0 heteroatoms. The van der Waals surface area contributed by atoms with E-state index in [-0.39, 0.29) is 0 Å². The molecule has 0 aromatic rings. The van der Waals surface area contributed by atoms with Crippen molar-refractivity contribution in [3.8, 4) is 0 Å². The molecule has 0 amide bonds. The molecule has 2 aliphatic rings. The summed E-state index contributed by atoms with van der Waals surface area (Å²) in [7, 11) is 0. The molecule has 0 saturated heterocycles. The molecule has 0 aliphatic heterocycles. The second-order valence-electron chi connectivity index (χ2n) is 5.05. The molecule has 0 N–H and O–H groups in total. The Hall–Kier alpha value is 0. The molecule has 12 heavy (non-hydrogen) atoms. The molecule has 2 rings (SSSR count). The van der Waals surface area contributed by atoms with Gasteiger partial charge in [-0.25, -0.2) is 0 Å². The van der Waals surface area contributed by atoms with Crippen LogP contribution in [0.3, 0.4) is 0 Å². The van der Waals surface area contributed by atoms with Crippen LogP contribution in [0.5, 0.6) is 0 Å². The van der Waals surface area contributed by atoms with Crippen molar-refractivity contribution in [3.63, 3.8) is 0 Å². The maximum absolute atomic E-state index is 2.48. The minimum absolute atomic E-state index is 1.04.